The smallest absolute Gasteiger partial charge is 0.160 e. The maximum atomic E-state index is 12.2. The van der Waals surface area contributed by atoms with Crippen LogP contribution in [0.1, 0.15) is 73.3 Å². The van der Waals surface area contributed by atoms with Gasteiger partial charge in [-0.1, -0.05) is 13.8 Å². The number of ether oxygens (including phenoxy) is 1. The minimum Gasteiger partial charge on any atom is -0.379 e. The highest BCUT2D eigenvalue weighted by molar-refractivity contribution is 5.97. The number of ketones is 1. The van der Waals surface area contributed by atoms with Gasteiger partial charge in [0, 0.05) is 42.1 Å². The molecule has 0 radical (unpaired) electrons. The molecule has 1 aliphatic heterocycles. The van der Waals surface area contributed by atoms with E-state index in [9.17, 15) is 4.79 Å². The Morgan fingerprint density at radius 2 is 1.92 bits per heavy atom. The van der Waals surface area contributed by atoms with Crippen molar-refractivity contribution < 1.29 is 9.53 Å². The Balaban J connectivity index is 2.17. The van der Waals surface area contributed by atoms with Crippen LogP contribution in [0.5, 0.6) is 0 Å². The van der Waals surface area contributed by atoms with Crippen molar-refractivity contribution in [3.63, 3.8) is 0 Å². The maximum absolute atomic E-state index is 12.2. The molecular formula is C21H30N2O2. The summed E-state index contributed by atoms with van der Waals surface area (Å²) in [5, 5.41) is 0. The fraction of sp³-hybridized carbons (Fsp3) is 0.571. The third kappa shape index (κ3) is 3.38. The molecule has 1 aliphatic rings. The number of pyridine rings is 1. The van der Waals surface area contributed by atoms with E-state index in [1.165, 1.54) is 11.3 Å². The van der Waals surface area contributed by atoms with Gasteiger partial charge in [0.1, 0.15) is 0 Å². The summed E-state index contributed by atoms with van der Waals surface area (Å²) in [6, 6.07) is 4.55. The van der Waals surface area contributed by atoms with E-state index in [0.717, 1.165) is 49.4 Å². The first-order chi connectivity index (χ1) is 11.9. The van der Waals surface area contributed by atoms with Crippen LogP contribution in [0, 0.1) is 6.92 Å². The number of carbonyl (C=O) groups excluding carboxylic acids is 1. The first kappa shape index (κ1) is 18.2. The molecule has 1 saturated heterocycles. The lowest BCUT2D eigenvalue weighted by Gasteiger charge is -2.34. The lowest BCUT2D eigenvalue weighted by molar-refractivity contribution is 0.0187. The molecular weight excluding hydrogens is 312 g/mol. The van der Waals surface area contributed by atoms with Gasteiger partial charge in [0.15, 0.2) is 5.78 Å². The minimum absolute atomic E-state index is 0.140. The molecule has 0 spiro atoms. The Bertz CT molecular complexity index is 772. The molecule has 3 rings (SSSR count). The van der Waals surface area contributed by atoms with Gasteiger partial charge in [-0.25, -0.2) is 0 Å². The summed E-state index contributed by atoms with van der Waals surface area (Å²) >= 11 is 0. The Morgan fingerprint density at radius 1 is 1.24 bits per heavy atom. The fourth-order valence-corrected chi connectivity index (χ4v) is 3.92. The van der Waals surface area contributed by atoms with E-state index in [1.807, 2.05) is 0 Å². The predicted molar refractivity (Wildman–Crippen MR) is 102 cm³/mol. The van der Waals surface area contributed by atoms with Crippen molar-refractivity contribution in [2.75, 3.05) is 26.3 Å². The lowest BCUT2D eigenvalue weighted by Crippen LogP contribution is -2.39. The van der Waals surface area contributed by atoms with Crippen molar-refractivity contribution in [3.8, 4) is 0 Å². The second kappa shape index (κ2) is 7.30. The van der Waals surface area contributed by atoms with Gasteiger partial charge in [-0.3, -0.25) is 9.69 Å². The van der Waals surface area contributed by atoms with Crippen LogP contribution < -0.4 is 0 Å². The zero-order valence-electron chi connectivity index (χ0n) is 16.1. The highest BCUT2D eigenvalue weighted by Crippen LogP contribution is 2.31. The molecule has 4 heteroatoms. The molecule has 2 aromatic rings. The average molecular weight is 342 g/mol. The SMILES string of the molecule is CCC(C)c1cc2cc(C(C)=O)c(C)c(C(C)N3CCOCC3)n2c1. The Morgan fingerprint density at radius 3 is 2.52 bits per heavy atom. The summed E-state index contributed by atoms with van der Waals surface area (Å²) in [5.74, 6) is 0.661. The molecule has 2 atom stereocenters. The van der Waals surface area contributed by atoms with E-state index in [-0.39, 0.29) is 11.8 Å². The Labute approximate surface area is 150 Å². The predicted octanol–water partition coefficient (Wildman–Crippen LogP) is 4.36. The molecule has 2 unspecified atom stereocenters. The molecule has 25 heavy (non-hydrogen) atoms. The quantitative estimate of drug-likeness (QED) is 0.757. The molecule has 4 nitrogen and oxygen atoms in total. The van der Waals surface area contributed by atoms with Crippen molar-refractivity contribution in [1.82, 2.24) is 9.30 Å². The van der Waals surface area contributed by atoms with Gasteiger partial charge < -0.3 is 9.14 Å². The summed E-state index contributed by atoms with van der Waals surface area (Å²) in [6.07, 6.45) is 3.39. The van der Waals surface area contributed by atoms with Crippen LogP contribution >= 0.6 is 0 Å². The van der Waals surface area contributed by atoms with Crippen LogP contribution in [-0.2, 0) is 4.74 Å². The molecule has 2 aromatic heterocycles. The van der Waals surface area contributed by atoms with Crippen LogP contribution in [-0.4, -0.2) is 41.4 Å². The first-order valence-electron chi connectivity index (χ1n) is 9.42. The summed E-state index contributed by atoms with van der Waals surface area (Å²) in [6.45, 7) is 13.9. The molecule has 136 valence electrons. The standard InChI is InChI=1S/C21H30N2O2/c1-6-14(2)18-11-19-12-20(17(5)24)15(3)21(23(19)13-18)16(4)22-7-9-25-10-8-22/h11-14,16H,6-10H2,1-5H3. The van der Waals surface area contributed by atoms with E-state index < -0.39 is 0 Å². The van der Waals surface area contributed by atoms with Crippen LogP contribution in [0.3, 0.4) is 0 Å². The molecule has 0 N–H and O–H groups in total. The average Bonchev–Trinajstić information content (AvgIpc) is 3.04. The number of hydrogen-bond acceptors (Lipinski definition) is 3. The van der Waals surface area contributed by atoms with Crippen LogP contribution in [0.4, 0.5) is 0 Å². The maximum Gasteiger partial charge on any atom is 0.160 e. The number of hydrogen-bond donors (Lipinski definition) is 0. The number of morpholine rings is 1. The van der Waals surface area contributed by atoms with Gasteiger partial charge in [-0.15, -0.1) is 0 Å². The van der Waals surface area contributed by atoms with Gasteiger partial charge in [0.25, 0.3) is 0 Å². The lowest BCUT2D eigenvalue weighted by atomic mass is 9.99. The highest BCUT2D eigenvalue weighted by atomic mass is 16.5. The molecule has 3 heterocycles. The molecule has 0 bridgehead atoms. The van der Waals surface area contributed by atoms with E-state index >= 15 is 0 Å². The third-order valence-corrected chi connectivity index (χ3v) is 5.76. The minimum atomic E-state index is 0.140. The molecule has 0 saturated carbocycles. The number of rotatable bonds is 5. The largest absolute Gasteiger partial charge is 0.379 e. The third-order valence-electron chi connectivity index (χ3n) is 5.76. The van der Waals surface area contributed by atoms with Gasteiger partial charge in [0.05, 0.1) is 13.2 Å². The molecule has 1 fully saturated rings. The van der Waals surface area contributed by atoms with Crippen molar-refractivity contribution in [1.29, 1.82) is 0 Å². The van der Waals surface area contributed by atoms with Crippen LogP contribution in [0.15, 0.2) is 18.3 Å². The number of aromatic nitrogens is 1. The monoisotopic (exact) mass is 342 g/mol. The van der Waals surface area contributed by atoms with Crippen molar-refractivity contribution in [2.45, 2.75) is 53.0 Å². The van der Waals surface area contributed by atoms with Crippen LogP contribution in [0.25, 0.3) is 5.52 Å². The van der Waals surface area contributed by atoms with Crippen molar-refractivity contribution >= 4 is 11.3 Å². The number of nitrogens with zero attached hydrogens (tertiary/aromatic N) is 2. The van der Waals surface area contributed by atoms with Crippen LogP contribution in [0.2, 0.25) is 0 Å². The summed E-state index contributed by atoms with van der Waals surface area (Å²) in [4.78, 5) is 14.7. The second-order valence-corrected chi connectivity index (χ2v) is 7.33. The van der Waals surface area contributed by atoms with Gasteiger partial charge in [0.2, 0.25) is 0 Å². The van der Waals surface area contributed by atoms with E-state index in [2.05, 4.69) is 55.3 Å². The zero-order chi connectivity index (χ0) is 18.1. The number of Topliss-reactive ketones (excluding diaryl/α,β-unsaturated/α-hetero) is 1. The van der Waals surface area contributed by atoms with Gasteiger partial charge >= 0.3 is 0 Å². The molecule has 0 aromatic carbocycles. The fourth-order valence-electron chi connectivity index (χ4n) is 3.92. The highest BCUT2D eigenvalue weighted by Gasteiger charge is 2.25. The molecule has 0 aliphatic carbocycles. The van der Waals surface area contributed by atoms with Crippen molar-refractivity contribution in [3.05, 3.63) is 40.7 Å². The molecule has 0 amide bonds. The van der Waals surface area contributed by atoms with E-state index in [1.54, 1.807) is 6.92 Å². The summed E-state index contributed by atoms with van der Waals surface area (Å²) in [7, 11) is 0. The van der Waals surface area contributed by atoms with Gasteiger partial charge in [-0.2, -0.15) is 0 Å². The first-order valence-corrected chi connectivity index (χ1v) is 9.42. The van der Waals surface area contributed by atoms with Crippen molar-refractivity contribution in [2.24, 2.45) is 0 Å². The van der Waals surface area contributed by atoms with E-state index in [0.29, 0.717) is 5.92 Å². The number of fused-ring (bicyclic) bond motifs is 1. The zero-order valence-corrected chi connectivity index (χ0v) is 16.1. The number of carbonyl (C=O) groups is 1. The Hall–Kier alpha value is -1.65. The Kier molecular flexibility index (Phi) is 5.30. The topological polar surface area (TPSA) is 34.0 Å². The normalized spacial score (nSPS) is 18.4. The second-order valence-electron chi connectivity index (χ2n) is 7.33. The summed E-state index contributed by atoms with van der Waals surface area (Å²) < 4.78 is 7.82. The summed E-state index contributed by atoms with van der Waals surface area (Å²) in [5.41, 5.74) is 5.65. The van der Waals surface area contributed by atoms with E-state index in [4.69, 9.17) is 4.74 Å². The van der Waals surface area contributed by atoms with Gasteiger partial charge in [-0.05, 0) is 56.4 Å².